The van der Waals surface area contributed by atoms with Crippen molar-refractivity contribution in [3.8, 4) is 0 Å². The summed E-state index contributed by atoms with van der Waals surface area (Å²) in [5.74, 6) is 0.142. The van der Waals surface area contributed by atoms with Gasteiger partial charge in [-0.1, -0.05) is 13.0 Å². The van der Waals surface area contributed by atoms with Crippen molar-refractivity contribution in [2.45, 2.75) is 12.8 Å². The summed E-state index contributed by atoms with van der Waals surface area (Å²) < 4.78 is 0.875. The highest BCUT2D eigenvalue weighted by Gasteiger charge is 2.10. The fraction of sp³-hybridized carbons (Fsp3) is 0.200. The third-order valence-electron chi connectivity index (χ3n) is 2.00. The number of nitro groups is 1. The van der Waals surface area contributed by atoms with Crippen molar-refractivity contribution in [3.05, 3.63) is 50.1 Å². The molecule has 0 radical (unpaired) electrons. The number of hydrogen-bond acceptors (Lipinski definition) is 2. The van der Waals surface area contributed by atoms with Crippen molar-refractivity contribution in [2.24, 2.45) is 0 Å². The van der Waals surface area contributed by atoms with Crippen LogP contribution in [0.1, 0.15) is 18.4 Å². The van der Waals surface area contributed by atoms with Crippen molar-refractivity contribution in [1.82, 2.24) is 0 Å². The summed E-state index contributed by atoms with van der Waals surface area (Å²) in [7, 11) is 0. The smallest absolute Gasteiger partial charge is 0.258 e. The van der Waals surface area contributed by atoms with E-state index in [4.69, 9.17) is 0 Å². The molecule has 0 fully saturated rings. The quantitative estimate of drug-likeness (QED) is 0.371. The van der Waals surface area contributed by atoms with Gasteiger partial charge in [0.25, 0.3) is 5.69 Å². The van der Waals surface area contributed by atoms with Crippen LogP contribution in [0.15, 0.2) is 30.9 Å². The van der Waals surface area contributed by atoms with Crippen LogP contribution >= 0.6 is 22.6 Å². The van der Waals surface area contributed by atoms with Gasteiger partial charge in [0.05, 0.1) is 4.92 Å². The van der Waals surface area contributed by atoms with Gasteiger partial charge in [-0.15, -0.1) is 6.58 Å². The van der Waals surface area contributed by atoms with Crippen molar-refractivity contribution < 1.29 is 4.92 Å². The predicted octanol–water partition coefficient (Wildman–Crippen LogP) is 3.49. The summed E-state index contributed by atoms with van der Waals surface area (Å²) in [5.41, 5.74) is 1.07. The highest BCUT2D eigenvalue weighted by Crippen LogP contribution is 2.24. The number of non-ortho nitro benzene ring substituents is 1. The molecule has 0 heterocycles. The summed E-state index contributed by atoms with van der Waals surface area (Å²) in [4.78, 5) is 10.2. The number of halogens is 1. The van der Waals surface area contributed by atoms with Gasteiger partial charge in [-0.25, -0.2) is 0 Å². The molecule has 1 unspecified atom stereocenters. The van der Waals surface area contributed by atoms with Crippen molar-refractivity contribution in [3.63, 3.8) is 0 Å². The van der Waals surface area contributed by atoms with Gasteiger partial charge < -0.3 is 0 Å². The van der Waals surface area contributed by atoms with Gasteiger partial charge in [0.1, 0.15) is 0 Å². The van der Waals surface area contributed by atoms with Gasteiger partial charge >= 0.3 is 0 Å². The molecule has 0 aliphatic heterocycles. The van der Waals surface area contributed by atoms with Crippen LogP contribution in [0.2, 0.25) is 0 Å². The maximum atomic E-state index is 10.6. The summed E-state index contributed by atoms with van der Waals surface area (Å²) >= 11 is 2.08. The van der Waals surface area contributed by atoms with Crippen LogP contribution in [0, 0.1) is 13.7 Å². The fourth-order valence-electron chi connectivity index (χ4n) is 1.10. The van der Waals surface area contributed by atoms with E-state index in [-0.39, 0.29) is 16.5 Å². The van der Waals surface area contributed by atoms with E-state index in [2.05, 4.69) is 29.2 Å². The zero-order chi connectivity index (χ0) is 10.7. The lowest BCUT2D eigenvalue weighted by Crippen LogP contribution is -1.94. The molecule has 0 N–H and O–H groups in total. The highest BCUT2D eigenvalue weighted by atomic mass is 127. The first-order valence-corrected chi connectivity index (χ1v) is 5.20. The Morgan fingerprint density at radius 1 is 1.57 bits per heavy atom. The second kappa shape index (κ2) is 4.54. The standard InChI is InChI=1S/C10H10INO2/c1-3-7(2)8-4-9(11)6-10(5-8)12(13)14/h3-7H,1H2,2H3. The van der Waals surface area contributed by atoms with Gasteiger partial charge in [0, 0.05) is 15.7 Å². The molecule has 0 aliphatic rings. The zero-order valence-electron chi connectivity index (χ0n) is 7.74. The van der Waals surface area contributed by atoms with Crippen LogP contribution in [0.25, 0.3) is 0 Å². The third kappa shape index (κ3) is 2.54. The molecule has 0 saturated carbocycles. The van der Waals surface area contributed by atoms with E-state index in [0.29, 0.717) is 0 Å². The molecule has 74 valence electrons. The molecule has 1 aromatic rings. The molecule has 1 rings (SSSR count). The molecule has 0 aromatic heterocycles. The molecule has 14 heavy (non-hydrogen) atoms. The Morgan fingerprint density at radius 2 is 2.21 bits per heavy atom. The van der Waals surface area contributed by atoms with Crippen molar-refractivity contribution in [1.29, 1.82) is 0 Å². The molecular weight excluding hydrogens is 293 g/mol. The van der Waals surface area contributed by atoms with E-state index >= 15 is 0 Å². The minimum absolute atomic E-state index is 0.139. The summed E-state index contributed by atoms with van der Waals surface area (Å²) in [5, 5.41) is 10.6. The van der Waals surface area contributed by atoms with Gasteiger partial charge in [0.15, 0.2) is 0 Å². The fourth-order valence-corrected chi connectivity index (χ4v) is 1.78. The van der Waals surface area contributed by atoms with E-state index < -0.39 is 0 Å². The Kier molecular flexibility index (Phi) is 3.62. The van der Waals surface area contributed by atoms with Crippen molar-refractivity contribution >= 4 is 28.3 Å². The third-order valence-corrected chi connectivity index (χ3v) is 2.62. The van der Waals surface area contributed by atoms with Crippen LogP contribution in [0.4, 0.5) is 5.69 Å². The number of benzene rings is 1. The number of hydrogen-bond donors (Lipinski definition) is 0. The van der Waals surface area contributed by atoms with Gasteiger partial charge in [-0.2, -0.15) is 0 Å². The highest BCUT2D eigenvalue weighted by molar-refractivity contribution is 14.1. The summed E-state index contributed by atoms with van der Waals surface area (Å²) in [6, 6.07) is 5.08. The van der Waals surface area contributed by atoms with Crippen LogP contribution in [0.3, 0.4) is 0 Å². The second-order valence-corrected chi connectivity index (χ2v) is 4.27. The van der Waals surface area contributed by atoms with Crippen LogP contribution in [0.5, 0.6) is 0 Å². The minimum Gasteiger partial charge on any atom is -0.258 e. The normalized spacial score (nSPS) is 12.1. The summed E-state index contributed by atoms with van der Waals surface area (Å²) in [6.07, 6.45) is 1.77. The van der Waals surface area contributed by atoms with Crippen LogP contribution < -0.4 is 0 Å². The average Bonchev–Trinajstić information content (AvgIpc) is 2.15. The lowest BCUT2D eigenvalue weighted by Gasteiger charge is -2.06. The number of nitrogens with zero attached hydrogens (tertiary/aromatic N) is 1. The van der Waals surface area contributed by atoms with Gasteiger partial charge in [-0.3, -0.25) is 10.1 Å². The first-order chi connectivity index (χ1) is 6.54. The van der Waals surface area contributed by atoms with E-state index in [0.717, 1.165) is 9.13 Å². The van der Waals surface area contributed by atoms with Crippen LogP contribution in [-0.4, -0.2) is 4.92 Å². The minimum atomic E-state index is -0.374. The molecule has 1 aromatic carbocycles. The predicted molar refractivity (Wildman–Crippen MR) is 64.4 cm³/mol. The number of rotatable bonds is 3. The molecule has 0 aliphatic carbocycles. The first kappa shape index (κ1) is 11.2. The first-order valence-electron chi connectivity index (χ1n) is 4.12. The topological polar surface area (TPSA) is 43.1 Å². The van der Waals surface area contributed by atoms with Gasteiger partial charge in [-0.05, 0) is 40.1 Å². The Morgan fingerprint density at radius 3 is 2.71 bits per heavy atom. The monoisotopic (exact) mass is 303 g/mol. The van der Waals surface area contributed by atoms with Gasteiger partial charge in [0.2, 0.25) is 0 Å². The summed E-state index contributed by atoms with van der Waals surface area (Å²) in [6.45, 7) is 5.63. The molecule has 0 amide bonds. The lowest BCUT2D eigenvalue weighted by molar-refractivity contribution is -0.385. The SMILES string of the molecule is C=CC(C)c1cc(I)cc([N+](=O)[O-])c1. The average molecular weight is 303 g/mol. The Bertz CT molecular complexity index is 376. The zero-order valence-corrected chi connectivity index (χ0v) is 9.89. The second-order valence-electron chi connectivity index (χ2n) is 3.02. The molecule has 1 atom stereocenters. The van der Waals surface area contributed by atoms with E-state index in [1.807, 2.05) is 13.0 Å². The maximum Gasteiger partial charge on any atom is 0.270 e. The largest absolute Gasteiger partial charge is 0.270 e. The Hall–Kier alpha value is -0.910. The Balaban J connectivity index is 3.19. The number of allylic oxidation sites excluding steroid dienone is 1. The molecule has 3 nitrogen and oxygen atoms in total. The van der Waals surface area contributed by atoms with E-state index in [1.54, 1.807) is 18.2 Å². The molecular formula is C10H10INO2. The van der Waals surface area contributed by atoms with Crippen molar-refractivity contribution in [2.75, 3.05) is 0 Å². The Labute approximate surface area is 96.1 Å². The molecule has 0 bridgehead atoms. The number of nitro benzene ring substituents is 1. The van der Waals surface area contributed by atoms with E-state index in [1.165, 1.54) is 0 Å². The van der Waals surface area contributed by atoms with Crippen LogP contribution in [-0.2, 0) is 0 Å². The lowest BCUT2D eigenvalue weighted by atomic mass is 10.0. The maximum absolute atomic E-state index is 10.6. The molecule has 0 saturated heterocycles. The molecule has 4 heteroatoms. The molecule has 0 spiro atoms. The van der Waals surface area contributed by atoms with E-state index in [9.17, 15) is 10.1 Å².